The highest BCUT2D eigenvalue weighted by Gasteiger charge is 2.29. The number of benzene rings is 3. The van der Waals surface area contributed by atoms with Crippen LogP contribution in [0.15, 0.2) is 71.6 Å². The topological polar surface area (TPSA) is 94.2 Å². The van der Waals surface area contributed by atoms with Crippen LogP contribution in [0.25, 0.3) is 0 Å². The average Bonchev–Trinajstić information content (AvgIpc) is 2.87. The number of amides is 1. The second-order valence-electron chi connectivity index (χ2n) is 8.16. The summed E-state index contributed by atoms with van der Waals surface area (Å²) in [7, 11) is -1.24. The molecule has 0 fully saturated rings. The first-order valence-electron chi connectivity index (χ1n) is 11.5. The Morgan fingerprint density at radius 3 is 2.17 bits per heavy atom. The van der Waals surface area contributed by atoms with Gasteiger partial charge in [0.15, 0.2) is 11.5 Å². The number of methoxy groups -OCH3 is 2. The number of sulfonamides is 1. The van der Waals surface area contributed by atoms with Crippen molar-refractivity contribution < 1.29 is 27.4 Å². The maximum atomic E-state index is 13.8. The van der Waals surface area contributed by atoms with Gasteiger partial charge < -0.3 is 19.5 Å². The summed E-state index contributed by atoms with van der Waals surface area (Å²) in [5.74, 6) is 0.819. The molecule has 1 N–H and O–H groups in total. The molecule has 36 heavy (non-hydrogen) atoms. The number of carbonyl (C=O) groups excluding carboxylic acids is 1. The Morgan fingerprint density at radius 2 is 1.58 bits per heavy atom. The smallest absolute Gasteiger partial charge is 0.264 e. The van der Waals surface area contributed by atoms with E-state index in [-0.39, 0.29) is 16.7 Å². The third kappa shape index (κ3) is 6.28. The first-order valence-corrected chi connectivity index (χ1v) is 13.0. The van der Waals surface area contributed by atoms with E-state index in [1.165, 1.54) is 32.4 Å². The first kappa shape index (κ1) is 26.9. The van der Waals surface area contributed by atoms with Crippen molar-refractivity contribution in [2.45, 2.75) is 31.7 Å². The van der Waals surface area contributed by atoms with Crippen LogP contribution in [0.1, 0.15) is 31.0 Å². The van der Waals surface area contributed by atoms with Gasteiger partial charge in [0, 0.05) is 6.07 Å². The molecule has 0 spiro atoms. The van der Waals surface area contributed by atoms with E-state index in [0.717, 1.165) is 15.4 Å². The van der Waals surface area contributed by atoms with E-state index in [4.69, 9.17) is 14.2 Å². The van der Waals surface area contributed by atoms with Gasteiger partial charge in [-0.3, -0.25) is 9.10 Å². The predicted octanol–water partition coefficient (Wildman–Crippen LogP) is 4.48. The van der Waals surface area contributed by atoms with Crippen molar-refractivity contribution >= 4 is 21.6 Å². The zero-order chi connectivity index (χ0) is 26.3. The quantitative estimate of drug-likeness (QED) is 0.407. The second kappa shape index (κ2) is 11.8. The average molecular weight is 513 g/mol. The number of hydrogen-bond donors (Lipinski definition) is 1. The molecule has 192 valence electrons. The van der Waals surface area contributed by atoms with Crippen molar-refractivity contribution in [3.05, 3.63) is 77.9 Å². The van der Waals surface area contributed by atoms with Crippen molar-refractivity contribution in [1.29, 1.82) is 0 Å². The molecule has 3 aromatic carbocycles. The van der Waals surface area contributed by atoms with Crippen LogP contribution in [-0.2, 0) is 14.8 Å². The molecule has 0 radical (unpaired) electrons. The summed E-state index contributed by atoms with van der Waals surface area (Å²) >= 11 is 0. The van der Waals surface area contributed by atoms with Gasteiger partial charge in [0.1, 0.15) is 12.3 Å². The lowest BCUT2D eigenvalue weighted by atomic mass is 10.1. The summed E-state index contributed by atoms with van der Waals surface area (Å²) in [6.07, 6.45) is 0. The van der Waals surface area contributed by atoms with E-state index >= 15 is 0 Å². The maximum absolute atomic E-state index is 13.8. The number of rotatable bonds is 11. The second-order valence-corrected chi connectivity index (χ2v) is 10.0. The van der Waals surface area contributed by atoms with Crippen LogP contribution >= 0.6 is 0 Å². The molecule has 8 nitrogen and oxygen atoms in total. The van der Waals surface area contributed by atoms with Gasteiger partial charge in [-0.1, -0.05) is 29.8 Å². The van der Waals surface area contributed by atoms with Gasteiger partial charge in [0.2, 0.25) is 5.91 Å². The van der Waals surface area contributed by atoms with E-state index in [1.54, 1.807) is 24.3 Å². The number of anilines is 1. The maximum Gasteiger partial charge on any atom is 0.264 e. The molecular formula is C27H32N2O6S. The Labute approximate surface area is 212 Å². The van der Waals surface area contributed by atoms with E-state index in [0.29, 0.717) is 23.8 Å². The molecular weight excluding hydrogens is 480 g/mol. The molecule has 1 amide bonds. The van der Waals surface area contributed by atoms with Crippen molar-refractivity contribution in [2.75, 3.05) is 31.7 Å². The van der Waals surface area contributed by atoms with Crippen LogP contribution in [-0.4, -0.2) is 41.7 Å². The van der Waals surface area contributed by atoms with Gasteiger partial charge in [0.05, 0.1) is 37.5 Å². The number of carbonyl (C=O) groups is 1. The molecule has 0 aliphatic heterocycles. The molecule has 3 aromatic rings. The number of nitrogens with zero attached hydrogens (tertiary/aromatic N) is 1. The fourth-order valence-electron chi connectivity index (χ4n) is 3.65. The van der Waals surface area contributed by atoms with Crippen LogP contribution in [0.5, 0.6) is 17.2 Å². The molecule has 3 rings (SSSR count). The largest absolute Gasteiger partial charge is 0.494 e. The van der Waals surface area contributed by atoms with Crippen molar-refractivity contribution in [3.63, 3.8) is 0 Å². The van der Waals surface area contributed by atoms with Crippen molar-refractivity contribution in [3.8, 4) is 17.2 Å². The van der Waals surface area contributed by atoms with E-state index in [1.807, 2.05) is 45.0 Å². The third-order valence-electron chi connectivity index (χ3n) is 5.62. The van der Waals surface area contributed by atoms with Crippen LogP contribution < -0.4 is 23.8 Å². The zero-order valence-corrected chi connectivity index (χ0v) is 22.0. The summed E-state index contributed by atoms with van der Waals surface area (Å²) in [5.41, 5.74) is 2.36. The predicted molar refractivity (Wildman–Crippen MR) is 139 cm³/mol. The monoisotopic (exact) mass is 512 g/mol. The summed E-state index contributed by atoms with van der Waals surface area (Å²) in [5, 5.41) is 2.90. The summed E-state index contributed by atoms with van der Waals surface area (Å²) in [4.78, 5) is 13.0. The van der Waals surface area contributed by atoms with Crippen LogP contribution in [0.2, 0.25) is 0 Å². The van der Waals surface area contributed by atoms with Crippen molar-refractivity contribution in [1.82, 2.24) is 5.32 Å². The standard InChI is InChI=1S/C27H32N2O6S/c1-6-35-23-13-11-22(12-14-23)29(18-27(30)28-20(3)21-9-7-19(2)8-10-21)36(31,32)24-15-16-25(33-4)26(17-24)34-5/h7-17,20H,6,18H2,1-5H3,(H,28,30)/t20-/m0/s1. The summed E-state index contributed by atoms with van der Waals surface area (Å²) in [6, 6.07) is 18.4. The van der Waals surface area contributed by atoms with E-state index in [9.17, 15) is 13.2 Å². The van der Waals surface area contributed by atoms with Crippen LogP contribution in [0, 0.1) is 6.92 Å². The van der Waals surface area contributed by atoms with Gasteiger partial charge in [-0.15, -0.1) is 0 Å². The molecule has 1 atom stereocenters. The minimum absolute atomic E-state index is 0.0339. The normalized spacial score (nSPS) is 11.9. The van der Waals surface area contributed by atoms with Gasteiger partial charge in [-0.25, -0.2) is 8.42 Å². The fourth-order valence-corrected chi connectivity index (χ4v) is 5.09. The molecule has 0 unspecified atom stereocenters. The molecule has 9 heteroatoms. The van der Waals surface area contributed by atoms with Crippen molar-refractivity contribution in [2.24, 2.45) is 0 Å². The minimum Gasteiger partial charge on any atom is -0.494 e. The van der Waals surface area contributed by atoms with E-state index < -0.39 is 22.5 Å². The SMILES string of the molecule is CCOc1ccc(N(CC(=O)N[C@@H](C)c2ccc(C)cc2)S(=O)(=O)c2ccc(OC)c(OC)c2)cc1. The Bertz CT molecular complexity index is 1270. The zero-order valence-electron chi connectivity index (χ0n) is 21.1. The number of ether oxygens (including phenoxy) is 3. The molecule has 0 aliphatic rings. The number of aryl methyl sites for hydroxylation is 1. The lowest BCUT2D eigenvalue weighted by molar-refractivity contribution is -0.120. The lowest BCUT2D eigenvalue weighted by Gasteiger charge is -2.25. The highest BCUT2D eigenvalue weighted by atomic mass is 32.2. The van der Waals surface area contributed by atoms with Gasteiger partial charge >= 0.3 is 0 Å². The minimum atomic E-state index is -4.14. The van der Waals surface area contributed by atoms with Gasteiger partial charge in [-0.2, -0.15) is 0 Å². The molecule has 0 heterocycles. The first-order chi connectivity index (χ1) is 17.2. The molecule has 0 saturated carbocycles. The molecule has 0 aromatic heterocycles. The highest BCUT2D eigenvalue weighted by Crippen LogP contribution is 2.32. The summed E-state index contributed by atoms with van der Waals surface area (Å²) in [6.45, 7) is 5.77. The molecule has 0 saturated heterocycles. The Hall–Kier alpha value is -3.72. The van der Waals surface area contributed by atoms with Crippen LogP contribution in [0.4, 0.5) is 5.69 Å². The number of nitrogens with one attached hydrogen (secondary N) is 1. The molecule has 0 aliphatic carbocycles. The van der Waals surface area contributed by atoms with Gasteiger partial charge in [0.25, 0.3) is 10.0 Å². The van der Waals surface area contributed by atoms with Crippen LogP contribution in [0.3, 0.4) is 0 Å². The number of hydrogen-bond acceptors (Lipinski definition) is 6. The third-order valence-corrected chi connectivity index (χ3v) is 7.39. The summed E-state index contributed by atoms with van der Waals surface area (Å²) < 4.78 is 44.6. The highest BCUT2D eigenvalue weighted by molar-refractivity contribution is 7.92. The van der Waals surface area contributed by atoms with Gasteiger partial charge in [-0.05, 0) is 62.7 Å². The fraction of sp³-hybridized carbons (Fsp3) is 0.296. The van der Waals surface area contributed by atoms with E-state index in [2.05, 4.69) is 5.32 Å². The molecule has 0 bridgehead atoms. The Balaban J connectivity index is 1.94. The Kier molecular flexibility index (Phi) is 8.82. The Morgan fingerprint density at radius 1 is 0.944 bits per heavy atom. The lowest BCUT2D eigenvalue weighted by Crippen LogP contribution is -2.41.